The minimum Gasteiger partial charge on any atom is -0.299 e. The summed E-state index contributed by atoms with van der Waals surface area (Å²) < 4.78 is 0. The number of ketones is 2. The molecule has 0 unspecified atom stereocenters. The number of allylic oxidation sites excluding steroid dienone is 2. The van der Waals surface area contributed by atoms with Crippen molar-refractivity contribution < 1.29 is 9.59 Å². The van der Waals surface area contributed by atoms with E-state index in [0.29, 0.717) is 28.8 Å². The molecule has 1 heterocycles. The number of carbonyl (C=O) groups excluding carboxylic acids is 2. The molecule has 2 nitrogen and oxygen atoms in total. The fourth-order valence-corrected chi connectivity index (χ4v) is 8.68. The molecule has 0 aromatic rings. The molecule has 23 heavy (non-hydrogen) atoms. The van der Waals surface area contributed by atoms with Gasteiger partial charge in [-0.15, -0.1) is 0 Å². The Morgan fingerprint density at radius 1 is 1.13 bits per heavy atom. The molecule has 0 spiro atoms. The van der Waals surface area contributed by atoms with Crippen molar-refractivity contribution in [1.82, 2.24) is 0 Å². The molecule has 0 amide bonds. The van der Waals surface area contributed by atoms with Crippen molar-refractivity contribution >= 4 is 23.3 Å². The lowest BCUT2D eigenvalue weighted by Crippen LogP contribution is -2.55. The molecular formula is C20H26O2S. The van der Waals surface area contributed by atoms with Gasteiger partial charge >= 0.3 is 0 Å². The van der Waals surface area contributed by atoms with Crippen molar-refractivity contribution in [2.45, 2.75) is 51.9 Å². The SMILES string of the molecule is C[C@]12CC[C@H]3[C@@H](CC=C4[C@H]5CSC[C@]43CCC5=O)[C@@H]1CCC2=O. The van der Waals surface area contributed by atoms with Gasteiger partial charge in [0.2, 0.25) is 0 Å². The summed E-state index contributed by atoms with van der Waals surface area (Å²) in [6, 6.07) is 0. The topological polar surface area (TPSA) is 34.1 Å². The first-order valence-electron chi connectivity index (χ1n) is 9.40. The Kier molecular flexibility index (Phi) is 3.04. The number of hydrogen-bond donors (Lipinski definition) is 0. The minimum absolute atomic E-state index is 0.0329. The number of fused-ring (bicyclic) bond motifs is 3. The average Bonchev–Trinajstić information content (AvgIpc) is 2.86. The highest BCUT2D eigenvalue weighted by Gasteiger charge is 2.61. The van der Waals surface area contributed by atoms with E-state index in [-0.39, 0.29) is 11.3 Å². The molecule has 5 rings (SSSR count). The number of hydrogen-bond acceptors (Lipinski definition) is 3. The van der Waals surface area contributed by atoms with Crippen molar-refractivity contribution in [2.24, 2.45) is 34.5 Å². The third-order valence-corrected chi connectivity index (χ3v) is 9.55. The molecule has 6 atom stereocenters. The van der Waals surface area contributed by atoms with E-state index in [4.69, 9.17) is 0 Å². The van der Waals surface area contributed by atoms with Gasteiger partial charge in [0.25, 0.3) is 0 Å². The van der Waals surface area contributed by atoms with Gasteiger partial charge in [-0.25, -0.2) is 0 Å². The summed E-state index contributed by atoms with van der Waals surface area (Å²) in [5.41, 5.74) is 1.80. The molecule has 3 saturated carbocycles. The Hall–Kier alpha value is -0.570. The molecule has 1 aliphatic heterocycles. The first kappa shape index (κ1) is 14.7. The smallest absolute Gasteiger partial charge is 0.140 e. The molecule has 4 fully saturated rings. The van der Waals surface area contributed by atoms with Crippen molar-refractivity contribution in [3.8, 4) is 0 Å². The number of Topliss-reactive ketones (excluding diaryl/α,β-unsaturated/α-hetero) is 2. The highest BCUT2D eigenvalue weighted by molar-refractivity contribution is 7.99. The second kappa shape index (κ2) is 4.74. The van der Waals surface area contributed by atoms with Gasteiger partial charge in [0.1, 0.15) is 11.6 Å². The Morgan fingerprint density at radius 2 is 2.00 bits per heavy atom. The molecule has 0 aromatic carbocycles. The zero-order chi connectivity index (χ0) is 15.8. The van der Waals surface area contributed by atoms with Crippen molar-refractivity contribution in [3.05, 3.63) is 11.6 Å². The van der Waals surface area contributed by atoms with Crippen LogP contribution in [0.25, 0.3) is 0 Å². The summed E-state index contributed by atoms with van der Waals surface area (Å²) in [5.74, 6) is 5.51. The van der Waals surface area contributed by atoms with Crippen LogP contribution in [0.3, 0.4) is 0 Å². The van der Waals surface area contributed by atoms with E-state index in [1.54, 1.807) is 0 Å². The second-order valence-corrected chi connectivity index (χ2v) is 9.91. The van der Waals surface area contributed by atoms with Crippen LogP contribution in [0.4, 0.5) is 0 Å². The van der Waals surface area contributed by atoms with E-state index in [1.807, 2.05) is 11.8 Å². The molecule has 2 bridgehead atoms. The van der Waals surface area contributed by atoms with Gasteiger partial charge in [-0.05, 0) is 49.9 Å². The van der Waals surface area contributed by atoms with Crippen LogP contribution in [-0.4, -0.2) is 23.1 Å². The van der Waals surface area contributed by atoms with Crippen LogP contribution >= 0.6 is 11.8 Å². The van der Waals surface area contributed by atoms with Gasteiger partial charge in [-0.3, -0.25) is 9.59 Å². The van der Waals surface area contributed by atoms with Crippen LogP contribution < -0.4 is 0 Å². The summed E-state index contributed by atoms with van der Waals surface area (Å²) in [6.07, 6.45) is 9.71. The number of rotatable bonds is 0. The Bertz CT molecular complexity index is 623. The molecule has 0 radical (unpaired) electrons. The Balaban J connectivity index is 1.58. The van der Waals surface area contributed by atoms with Crippen LogP contribution in [0.2, 0.25) is 0 Å². The zero-order valence-corrected chi connectivity index (χ0v) is 14.8. The van der Waals surface area contributed by atoms with Crippen LogP contribution in [0.15, 0.2) is 11.6 Å². The number of thioether (sulfide) groups is 1. The third-order valence-electron chi connectivity index (χ3n) is 8.27. The molecule has 4 aliphatic carbocycles. The lowest BCUT2D eigenvalue weighted by Gasteiger charge is -2.60. The van der Waals surface area contributed by atoms with Crippen LogP contribution in [0.1, 0.15) is 51.9 Å². The largest absolute Gasteiger partial charge is 0.299 e. The first-order chi connectivity index (χ1) is 11.1. The van der Waals surface area contributed by atoms with Crippen molar-refractivity contribution in [3.63, 3.8) is 0 Å². The van der Waals surface area contributed by atoms with Gasteiger partial charge in [0.05, 0.1) is 0 Å². The van der Waals surface area contributed by atoms with Crippen LogP contribution in [0, 0.1) is 34.5 Å². The molecule has 3 heteroatoms. The van der Waals surface area contributed by atoms with Crippen LogP contribution in [-0.2, 0) is 9.59 Å². The lowest BCUT2D eigenvalue weighted by molar-refractivity contribution is -0.132. The van der Waals surface area contributed by atoms with Crippen molar-refractivity contribution in [2.75, 3.05) is 11.5 Å². The van der Waals surface area contributed by atoms with E-state index < -0.39 is 0 Å². The summed E-state index contributed by atoms with van der Waals surface area (Å²) in [5, 5.41) is 0. The monoisotopic (exact) mass is 330 g/mol. The molecular weight excluding hydrogens is 304 g/mol. The van der Waals surface area contributed by atoms with E-state index in [1.165, 1.54) is 17.7 Å². The maximum Gasteiger partial charge on any atom is 0.140 e. The first-order valence-corrected chi connectivity index (χ1v) is 10.6. The van der Waals surface area contributed by atoms with E-state index in [9.17, 15) is 9.59 Å². The standard InChI is InChI=1S/C20H26O2S/c1-19-8-6-16-12(14(19)4-5-18(19)22)2-3-15-13-10-23-11-20(15,16)9-7-17(13)21/h3,12-14,16H,2,4-11H2,1H3/t12-,13+,14-,16-,19-,20+/m0/s1. The summed E-state index contributed by atoms with van der Waals surface area (Å²) in [7, 11) is 0. The number of carbonyl (C=O) groups is 2. The summed E-state index contributed by atoms with van der Waals surface area (Å²) in [6.45, 7) is 2.25. The Labute approximate surface area is 142 Å². The van der Waals surface area contributed by atoms with Gasteiger partial charge in [-0.2, -0.15) is 11.8 Å². The predicted octanol–water partition coefficient (Wildman–Crippen LogP) is 4.04. The van der Waals surface area contributed by atoms with E-state index >= 15 is 0 Å². The van der Waals surface area contributed by atoms with Gasteiger partial charge in [-0.1, -0.05) is 18.6 Å². The fourth-order valence-electron chi connectivity index (χ4n) is 7.07. The normalized spacial score (nSPS) is 51.6. The van der Waals surface area contributed by atoms with Crippen molar-refractivity contribution in [1.29, 1.82) is 0 Å². The average molecular weight is 330 g/mol. The molecule has 0 N–H and O–H groups in total. The van der Waals surface area contributed by atoms with E-state index in [2.05, 4.69) is 13.0 Å². The summed E-state index contributed by atoms with van der Waals surface area (Å²) >= 11 is 2.02. The molecule has 124 valence electrons. The third kappa shape index (κ3) is 1.73. The maximum absolute atomic E-state index is 12.5. The molecule has 1 saturated heterocycles. The quantitative estimate of drug-likeness (QED) is 0.629. The van der Waals surface area contributed by atoms with E-state index in [0.717, 1.165) is 50.2 Å². The maximum atomic E-state index is 12.5. The minimum atomic E-state index is -0.0329. The van der Waals surface area contributed by atoms with Gasteiger partial charge < -0.3 is 0 Å². The second-order valence-electron chi connectivity index (χ2n) is 8.88. The molecule has 5 aliphatic rings. The lowest BCUT2D eigenvalue weighted by atomic mass is 9.47. The molecule has 0 aromatic heterocycles. The summed E-state index contributed by atoms with van der Waals surface area (Å²) in [4.78, 5) is 24.9. The van der Waals surface area contributed by atoms with Gasteiger partial charge in [0, 0.05) is 41.1 Å². The zero-order valence-electron chi connectivity index (χ0n) is 14.0. The Morgan fingerprint density at radius 3 is 2.87 bits per heavy atom. The highest BCUT2D eigenvalue weighted by Crippen LogP contribution is 2.66. The fraction of sp³-hybridized carbons (Fsp3) is 0.800. The highest BCUT2D eigenvalue weighted by atomic mass is 32.2. The predicted molar refractivity (Wildman–Crippen MR) is 92.2 cm³/mol. The van der Waals surface area contributed by atoms with Crippen LogP contribution in [0.5, 0.6) is 0 Å². The van der Waals surface area contributed by atoms with Gasteiger partial charge in [0.15, 0.2) is 0 Å².